The average molecular weight is 317 g/mol. The van der Waals surface area contributed by atoms with E-state index in [1.807, 2.05) is 24.3 Å². The predicted octanol–water partition coefficient (Wildman–Crippen LogP) is 6.00. The maximum Gasteiger partial charge on any atom is 0.0925 e. The van der Waals surface area contributed by atoms with Crippen molar-refractivity contribution in [1.29, 1.82) is 0 Å². The number of halogens is 4. The number of pyridine rings is 1. The number of benzene rings is 2. The molecule has 0 saturated heterocycles. The smallest absolute Gasteiger partial charge is 0.0925 e. The normalized spacial score (nSPS) is 11.3. The summed E-state index contributed by atoms with van der Waals surface area (Å²) in [6.45, 7) is 0. The maximum absolute atomic E-state index is 6.27. The second-order valence-electron chi connectivity index (χ2n) is 3.82. The van der Waals surface area contributed by atoms with Crippen LogP contribution in [0.3, 0.4) is 0 Å². The molecule has 0 radical (unpaired) electrons. The Morgan fingerprint density at radius 1 is 0.778 bits per heavy atom. The van der Waals surface area contributed by atoms with E-state index in [2.05, 4.69) is 4.98 Å². The molecule has 1 nitrogen and oxygen atoms in total. The van der Waals surface area contributed by atoms with Gasteiger partial charge in [0.25, 0.3) is 0 Å². The summed E-state index contributed by atoms with van der Waals surface area (Å²) in [5, 5.41) is 3.85. The number of hydrogen-bond donors (Lipinski definition) is 0. The van der Waals surface area contributed by atoms with Crippen molar-refractivity contribution in [3.8, 4) is 0 Å². The van der Waals surface area contributed by atoms with Crippen molar-refractivity contribution in [2.45, 2.75) is 0 Å². The molecule has 1 aromatic heterocycles. The Hall–Kier alpha value is -0.730. The van der Waals surface area contributed by atoms with Gasteiger partial charge in [0.2, 0.25) is 0 Å². The van der Waals surface area contributed by atoms with Crippen molar-refractivity contribution in [3.05, 3.63) is 50.6 Å². The van der Waals surface area contributed by atoms with Crippen LogP contribution in [-0.2, 0) is 0 Å². The lowest BCUT2D eigenvalue weighted by molar-refractivity contribution is 1.44. The molecule has 0 aliphatic heterocycles. The van der Waals surface area contributed by atoms with E-state index in [0.29, 0.717) is 15.6 Å². The standard InChI is InChI=1S/C13H5Cl4N/c14-9-8-7-4-2-1-3-6(7)5-18-13(8)12(17)11(16)10(9)15/h1-5H. The third kappa shape index (κ3) is 1.66. The first-order chi connectivity index (χ1) is 8.61. The fourth-order valence-electron chi connectivity index (χ4n) is 1.96. The van der Waals surface area contributed by atoms with E-state index in [-0.39, 0.29) is 10.0 Å². The molecule has 0 saturated carbocycles. The van der Waals surface area contributed by atoms with Crippen molar-refractivity contribution in [1.82, 2.24) is 4.98 Å². The van der Waals surface area contributed by atoms with E-state index in [9.17, 15) is 0 Å². The van der Waals surface area contributed by atoms with Crippen molar-refractivity contribution in [3.63, 3.8) is 0 Å². The first kappa shape index (κ1) is 12.3. The molecule has 0 atom stereocenters. The van der Waals surface area contributed by atoms with Crippen LogP contribution in [0.4, 0.5) is 0 Å². The molecule has 0 unspecified atom stereocenters. The van der Waals surface area contributed by atoms with Gasteiger partial charge in [-0.05, 0) is 5.39 Å². The number of nitrogens with zero attached hydrogens (tertiary/aromatic N) is 1. The van der Waals surface area contributed by atoms with Gasteiger partial charge in [0.1, 0.15) is 0 Å². The summed E-state index contributed by atoms with van der Waals surface area (Å²) in [5.74, 6) is 0. The van der Waals surface area contributed by atoms with E-state index in [1.165, 1.54) is 0 Å². The first-order valence-corrected chi connectivity index (χ1v) is 6.62. The van der Waals surface area contributed by atoms with E-state index in [0.717, 1.165) is 16.2 Å². The average Bonchev–Trinajstić information content (AvgIpc) is 2.41. The second kappa shape index (κ2) is 4.43. The van der Waals surface area contributed by atoms with Crippen molar-refractivity contribution in [2.75, 3.05) is 0 Å². The molecule has 0 amide bonds. The fourth-order valence-corrected chi connectivity index (χ4v) is 2.95. The van der Waals surface area contributed by atoms with Crippen LogP contribution in [0.2, 0.25) is 20.1 Å². The minimum Gasteiger partial charge on any atom is -0.254 e. The van der Waals surface area contributed by atoms with Gasteiger partial charge >= 0.3 is 0 Å². The van der Waals surface area contributed by atoms with E-state index >= 15 is 0 Å². The third-order valence-corrected chi connectivity index (χ3v) is 4.60. The molecule has 90 valence electrons. The van der Waals surface area contributed by atoms with Gasteiger partial charge in [-0.15, -0.1) is 0 Å². The van der Waals surface area contributed by atoms with Crippen molar-refractivity contribution >= 4 is 68.1 Å². The summed E-state index contributed by atoms with van der Waals surface area (Å²) in [5.41, 5.74) is 0.565. The summed E-state index contributed by atoms with van der Waals surface area (Å²) in [6.07, 6.45) is 1.74. The molecule has 3 aromatic rings. The molecular weight excluding hydrogens is 312 g/mol. The second-order valence-corrected chi connectivity index (χ2v) is 5.34. The molecule has 0 fully saturated rings. The molecule has 0 N–H and O–H groups in total. The Kier molecular flexibility index (Phi) is 3.03. The van der Waals surface area contributed by atoms with Crippen LogP contribution in [0, 0.1) is 0 Å². The van der Waals surface area contributed by atoms with Crippen LogP contribution < -0.4 is 0 Å². The SMILES string of the molecule is Clc1c(Cl)c(Cl)c2c(ncc3ccccc32)c1Cl. The zero-order valence-electron chi connectivity index (χ0n) is 8.85. The molecule has 5 heteroatoms. The molecule has 18 heavy (non-hydrogen) atoms. The lowest BCUT2D eigenvalue weighted by Crippen LogP contribution is -1.87. The largest absolute Gasteiger partial charge is 0.254 e. The Bertz CT molecular complexity index is 783. The van der Waals surface area contributed by atoms with Crippen molar-refractivity contribution in [2.24, 2.45) is 0 Å². The van der Waals surface area contributed by atoms with Crippen LogP contribution >= 0.6 is 46.4 Å². The van der Waals surface area contributed by atoms with Crippen LogP contribution in [0.25, 0.3) is 21.7 Å². The summed E-state index contributed by atoms with van der Waals surface area (Å²) in [4.78, 5) is 4.31. The number of hydrogen-bond acceptors (Lipinski definition) is 1. The number of aromatic nitrogens is 1. The summed E-state index contributed by atoms with van der Waals surface area (Å²) in [7, 11) is 0. The molecule has 0 aliphatic rings. The van der Waals surface area contributed by atoms with Crippen molar-refractivity contribution < 1.29 is 0 Å². The van der Waals surface area contributed by atoms with Gasteiger partial charge in [-0.25, -0.2) is 0 Å². The molecule has 3 rings (SSSR count). The molecule has 1 heterocycles. The minimum absolute atomic E-state index is 0.235. The molecule has 0 bridgehead atoms. The third-order valence-electron chi connectivity index (χ3n) is 2.81. The monoisotopic (exact) mass is 315 g/mol. The highest BCUT2D eigenvalue weighted by molar-refractivity contribution is 6.55. The zero-order valence-corrected chi connectivity index (χ0v) is 11.9. The molecule has 0 spiro atoms. The quantitative estimate of drug-likeness (QED) is 0.281. The molecular formula is C13H5Cl4N. The van der Waals surface area contributed by atoms with Gasteiger partial charge in [0, 0.05) is 17.0 Å². The van der Waals surface area contributed by atoms with Gasteiger partial charge < -0.3 is 0 Å². The van der Waals surface area contributed by atoms with Crippen LogP contribution in [0.1, 0.15) is 0 Å². The van der Waals surface area contributed by atoms with Crippen LogP contribution in [0.15, 0.2) is 30.5 Å². The highest BCUT2D eigenvalue weighted by Crippen LogP contribution is 2.44. The number of fused-ring (bicyclic) bond motifs is 3. The minimum atomic E-state index is 0.235. The van der Waals surface area contributed by atoms with Gasteiger partial charge in [-0.1, -0.05) is 70.7 Å². The van der Waals surface area contributed by atoms with Gasteiger partial charge in [0.05, 0.1) is 25.6 Å². The highest BCUT2D eigenvalue weighted by atomic mass is 35.5. The van der Waals surface area contributed by atoms with Gasteiger partial charge in [0.15, 0.2) is 0 Å². The Morgan fingerprint density at radius 3 is 2.22 bits per heavy atom. The van der Waals surface area contributed by atoms with E-state index in [4.69, 9.17) is 46.4 Å². The summed E-state index contributed by atoms with van der Waals surface area (Å²) in [6, 6.07) is 7.76. The van der Waals surface area contributed by atoms with Crippen LogP contribution in [-0.4, -0.2) is 4.98 Å². The zero-order chi connectivity index (χ0) is 12.9. The predicted molar refractivity (Wildman–Crippen MR) is 79.3 cm³/mol. The maximum atomic E-state index is 6.27. The van der Waals surface area contributed by atoms with Crippen LogP contribution in [0.5, 0.6) is 0 Å². The molecule has 0 aliphatic carbocycles. The Labute approximate surface area is 123 Å². The van der Waals surface area contributed by atoms with Gasteiger partial charge in [-0.3, -0.25) is 4.98 Å². The van der Waals surface area contributed by atoms with Gasteiger partial charge in [-0.2, -0.15) is 0 Å². The topological polar surface area (TPSA) is 12.9 Å². The fraction of sp³-hybridized carbons (Fsp3) is 0. The first-order valence-electron chi connectivity index (χ1n) is 5.10. The highest BCUT2D eigenvalue weighted by Gasteiger charge is 2.17. The lowest BCUT2D eigenvalue weighted by atomic mass is 10.1. The summed E-state index contributed by atoms with van der Waals surface area (Å²) < 4.78 is 0. The summed E-state index contributed by atoms with van der Waals surface area (Å²) >= 11 is 24.5. The van der Waals surface area contributed by atoms with E-state index < -0.39 is 0 Å². The Balaban J connectivity index is 2.66. The number of rotatable bonds is 0. The lowest BCUT2D eigenvalue weighted by Gasteiger charge is -2.10. The Morgan fingerprint density at radius 2 is 1.44 bits per heavy atom. The van der Waals surface area contributed by atoms with E-state index in [1.54, 1.807) is 6.20 Å². The molecule has 2 aromatic carbocycles.